The minimum Gasteiger partial charge on any atom is -0.487 e. The first-order valence-electron chi connectivity index (χ1n) is 8.77. The van der Waals surface area contributed by atoms with Gasteiger partial charge in [0.2, 0.25) is 5.91 Å². The predicted molar refractivity (Wildman–Crippen MR) is 98.2 cm³/mol. The zero-order valence-electron chi connectivity index (χ0n) is 14.6. The molecule has 5 nitrogen and oxygen atoms in total. The molecule has 1 aromatic heterocycles. The molecule has 1 fully saturated rings. The minimum absolute atomic E-state index is 0.00780. The normalized spacial score (nSPS) is 23.0. The Morgan fingerprint density at radius 3 is 2.96 bits per heavy atom. The number of carbonyl (C=O) groups is 1. The number of aromatic nitrogens is 1. The molecule has 25 heavy (non-hydrogen) atoms. The van der Waals surface area contributed by atoms with Crippen LogP contribution in [0.25, 0.3) is 0 Å². The average molecular weight is 339 g/mol. The number of carbonyl (C=O) groups excluding carboxylic acids is 1. The van der Waals surface area contributed by atoms with E-state index in [1.807, 2.05) is 49.4 Å². The lowest BCUT2D eigenvalue weighted by molar-refractivity contribution is -0.122. The Kier molecular flexibility index (Phi) is 5.34. The highest BCUT2D eigenvalue weighted by molar-refractivity contribution is 5.93. The van der Waals surface area contributed by atoms with Crippen molar-refractivity contribution in [2.24, 2.45) is 11.7 Å². The fourth-order valence-corrected chi connectivity index (χ4v) is 3.32. The number of rotatable bonds is 5. The second-order valence-electron chi connectivity index (χ2n) is 6.93. The van der Waals surface area contributed by atoms with Gasteiger partial charge in [0, 0.05) is 23.5 Å². The summed E-state index contributed by atoms with van der Waals surface area (Å²) in [6, 6.07) is 13.1. The van der Waals surface area contributed by atoms with Gasteiger partial charge in [-0.05, 0) is 44.0 Å². The van der Waals surface area contributed by atoms with Crippen LogP contribution in [0.15, 0.2) is 48.7 Å². The zero-order chi connectivity index (χ0) is 17.7. The van der Waals surface area contributed by atoms with Crippen molar-refractivity contribution in [1.82, 2.24) is 4.98 Å². The first-order valence-corrected chi connectivity index (χ1v) is 8.77. The van der Waals surface area contributed by atoms with Crippen molar-refractivity contribution in [2.75, 3.05) is 5.32 Å². The molecule has 1 heterocycles. The van der Waals surface area contributed by atoms with Crippen LogP contribution in [-0.4, -0.2) is 16.4 Å². The summed E-state index contributed by atoms with van der Waals surface area (Å²) in [6.45, 7) is 2.37. The molecule has 1 aliphatic rings. The average Bonchev–Trinajstić information content (AvgIpc) is 2.61. The summed E-state index contributed by atoms with van der Waals surface area (Å²) >= 11 is 0. The third-order valence-electron chi connectivity index (χ3n) is 4.79. The summed E-state index contributed by atoms with van der Waals surface area (Å²) in [6.07, 6.45) is 5.61. The molecule has 5 heteroatoms. The van der Waals surface area contributed by atoms with Gasteiger partial charge in [0.1, 0.15) is 12.4 Å². The van der Waals surface area contributed by atoms with Crippen molar-refractivity contribution in [3.8, 4) is 5.75 Å². The molecule has 132 valence electrons. The van der Waals surface area contributed by atoms with E-state index < -0.39 is 5.54 Å². The number of ether oxygens (including phenoxy) is 1. The van der Waals surface area contributed by atoms with E-state index in [0.29, 0.717) is 12.4 Å². The lowest BCUT2D eigenvalue weighted by Crippen LogP contribution is -2.51. The fraction of sp³-hybridized carbons (Fsp3) is 0.400. The molecule has 1 aromatic carbocycles. The van der Waals surface area contributed by atoms with Crippen molar-refractivity contribution in [3.63, 3.8) is 0 Å². The highest BCUT2D eigenvalue weighted by Gasteiger charge is 2.37. The van der Waals surface area contributed by atoms with Crippen LogP contribution in [0.5, 0.6) is 5.75 Å². The summed E-state index contributed by atoms with van der Waals surface area (Å²) in [4.78, 5) is 16.9. The molecule has 1 amide bonds. The van der Waals surface area contributed by atoms with Gasteiger partial charge in [0.15, 0.2) is 0 Å². The molecule has 3 rings (SSSR count). The van der Waals surface area contributed by atoms with E-state index in [2.05, 4.69) is 10.3 Å². The van der Waals surface area contributed by atoms with Gasteiger partial charge in [-0.2, -0.15) is 0 Å². The van der Waals surface area contributed by atoms with E-state index in [0.717, 1.165) is 37.1 Å². The maximum absolute atomic E-state index is 12.6. The molecule has 2 atom stereocenters. The molecule has 0 saturated heterocycles. The molecular formula is C20H25N3O2. The Bertz CT molecular complexity index is 716. The Labute approximate surface area is 148 Å². The van der Waals surface area contributed by atoms with Gasteiger partial charge < -0.3 is 15.8 Å². The van der Waals surface area contributed by atoms with Crippen molar-refractivity contribution in [1.29, 1.82) is 0 Å². The number of hydrogen-bond acceptors (Lipinski definition) is 4. The van der Waals surface area contributed by atoms with E-state index in [1.54, 1.807) is 6.20 Å². The van der Waals surface area contributed by atoms with Gasteiger partial charge in [-0.3, -0.25) is 9.78 Å². The molecule has 2 aromatic rings. The van der Waals surface area contributed by atoms with Gasteiger partial charge >= 0.3 is 0 Å². The number of nitrogens with two attached hydrogens (primary N) is 1. The lowest BCUT2D eigenvalue weighted by Gasteiger charge is -2.37. The smallest absolute Gasteiger partial charge is 0.229 e. The minimum atomic E-state index is -0.435. The van der Waals surface area contributed by atoms with E-state index >= 15 is 0 Å². The van der Waals surface area contributed by atoms with Gasteiger partial charge in [0.25, 0.3) is 0 Å². The predicted octanol–water partition coefficient (Wildman–Crippen LogP) is 3.51. The number of anilines is 1. The Morgan fingerprint density at radius 1 is 1.32 bits per heavy atom. The summed E-state index contributed by atoms with van der Waals surface area (Å²) < 4.78 is 5.76. The van der Waals surface area contributed by atoms with E-state index in [9.17, 15) is 4.79 Å². The number of nitrogens with zero attached hydrogens (tertiary/aromatic N) is 1. The van der Waals surface area contributed by atoms with Crippen molar-refractivity contribution in [3.05, 3.63) is 54.4 Å². The summed E-state index contributed by atoms with van der Waals surface area (Å²) in [7, 11) is 0. The van der Waals surface area contributed by atoms with Gasteiger partial charge in [-0.25, -0.2) is 0 Å². The second-order valence-corrected chi connectivity index (χ2v) is 6.93. The molecule has 0 radical (unpaired) electrons. The number of hydrogen-bond donors (Lipinski definition) is 2. The van der Waals surface area contributed by atoms with E-state index in [1.165, 1.54) is 0 Å². The number of benzene rings is 1. The number of amides is 1. The second kappa shape index (κ2) is 7.66. The summed E-state index contributed by atoms with van der Waals surface area (Å²) in [5.74, 6) is 0.536. The lowest BCUT2D eigenvalue weighted by atomic mass is 9.74. The molecule has 1 saturated carbocycles. The van der Waals surface area contributed by atoms with Crippen LogP contribution < -0.4 is 15.8 Å². The Hall–Kier alpha value is -2.40. The molecule has 2 unspecified atom stereocenters. The van der Waals surface area contributed by atoms with Crippen LogP contribution in [0, 0.1) is 5.92 Å². The van der Waals surface area contributed by atoms with Crippen molar-refractivity contribution in [2.45, 2.75) is 44.8 Å². The van der Waals surface area contributed by atoms with E-state index in [-0.39, 0.29) is 11.8 Å². The first kappa shape index (κ1) is 17.4. The van der Waals surface area contributed by atoms with Crippen LogP contribution >= 0.6 is 0 Å². The molecule has 0 spiro atoms. The van der Waals surface area contributed by atoms with Crippen LogP contribution in [-0.2, 0) is 11.4 Å². The summed E-state index contributed by atoms with van der Waals surface area (Å²) in [5, 5.41) is 2.99. The van der Waals surface area contributed by atoms with Crippen molar-refractivity contribution < 1.29 is 9.53 Å². The number of nitrogens with one attached hydrogen (secondary N) is 1. The molecule has 0 bridgehead atoms. The number of pyridine rings is 1. The molecule has 3 N–H and O–H groups in total. The maximum Gasteiger partial charge on any atom is 0.229 e. The quantitative estimate of drug-likeness (QED) is 0.874. The maximum atomic E-state index is 12.6. The van der Waals surface area contributed by atoms with Crippen LogP contribution in [0.4, 0.5) is 5.69 Å². The monoisotopic (exact) mass is 339 g/mol. The highest BCUT2D eigenvalue weighted by atomic mass is 16.5. The molecule has 0 aliphatic heterocycles. The summed E-state index contributed by atoms with van der Waals surface area (Å²) in [5.41, 5.74) is 7.48. The van der Waals surface area contributed by atoms with Crippen LogP contribution in [0.1, 0.15) is 38.3 Å². The van der Waals surface area contributed by atoms with Crippen LogP contribution in [0.2, 0.25) is 0 Å². The zero-order valence-corrected chi connectivity index (χ0v) is 14.6. The molecule has 1 aliphatic carbocycles. The Balaban J connectivity index is 1.62. The standard InChI is InChI=1S/C20H25N3O2/c1-20(21)11-4-2-10-18(20)19(24)23-15-8-6-9-17(13-15)25-14-16-7-3-5-12-22-16/h3,5-9,12-13,18H,2,4,10-11,14,21H2,1H3,(H,23,24). The third kappa shape index (κ3) is 4.57. The SMILES string of the molecule is CC1(N)CCCCC1C(=O)Nc1cccc(OCc2ccccn2)c1. The van der Waals surface area contributed by atoms with Gasteiger partial charge in [-0.15, -0.1) is 0 Å². The van der Waals surface area contributed by atoms with E-state index in [4.69, 9.17) is 10.5 Å². The van der Waals surface area contributed by atoms with Crippen molar-refractivity contribution >= 4 is 11.6 Å². The molecular weight excluding hydrogens is 314 g/mol. The third-order valence-corrected chi connectivity index (χ3v) is 4.79. The first-order chi connectivity index (χ1) is 12.0. The van der Waals surface area contributed by atoms with Crippen LogP contribution in [0.3, 0.4) is 0 Å². The topological polar surface area (TPSA) is 77.2 Å². The largest absolute Gasteiger partial charge is 0.487 e. The highest BCUT2D eigenvalue weighted by Crippen LogP contribution is 2.32. The fourth-order valence-electron chi connectivity index (χ4n) is 3.32. The van der Waals surface area contributed by atoms with Gasteiger partial charge in [0.05, 0.1) is 11.6 Å². The van der Waals surface area contributed by atoms with Gasteiger partial charge in [-0.1, -0.05) is 25.0 Å². The Morgan fingerprint density at radius 2 is 2.20 bits per heavy atom.